The molecule has 2 aromatic carbocycles. The predicted molar refractivity (Wildman–Crippen MR) is 121 cm³/mol. The Balaban J connectivity index is 1.84. The summed E-state index contributed by atoms with van der Waals surface area (Å²) >= 11 is 0. The van der Waals surface area contributed by atoms with Crippen molar-refractivity contribution in [1.29, 1.82) is 0 Å². The number of hydrogen-bond donors (Lipinski definition) is 1. The average molecular weight is 444 g/mol. The van der Waals surface area contributed by atoms with Crippen LogP contribution in [-0.2, 0) is 27.8 Å². The van der Waals surface area contributed by atoms with Crippen LogP contribution in [0.3, 0.4) is 0 Å². The zero-order valence-corrected chi connectivity index (χ0v) is 19.0. The number of nitrogens with one attached hydrogen (secondary N) is 1. The molecule has 0 atom stereocenters. The number of carbonyl (C=O) groups is 2. The van der Waals surface area contributed by atoms with Crippen molar-refractivity contribution >= 4 is 27.5 Å². The summed E-state index contributed by atoms with van der Waals surface area (Å²) in [6, 6.07) is 12.2. The van der Waals surface area contributed by atoms with Crippen LogP contribution in [0.2, 0.25) is 0 Å². The lowest BCUT2D eigenvalue weighted by atomic mass is 10.0. The molecule has 0 radical (unpaired) electrons. The maximum Gasteiger partial charge on any atom is 0.258 e. The van der Waals surface area contributed by atoms with Gasteiger partial charge in [0.05, 0.1) is 4.90 Å². The van der Waals surface area contributed by atoms with Crippen LogP contribution in [0, 0.1) is 0 Å². The van der Waals surface area contributed by atoms with Gasteiger partial charge in [-0.2, -0.15) is 4.31 Å². The van der Waals surface area contributed by atoms with Gasteiger partial charge in [0.25, 0.3) is 5.91 Å². The van der Waals surface area contributed by atoms with Gasteiger partial charge in [-0.25, -0.2) is 8.42 Å². The topological polar surface area (TPSA) is 86.8 Å². The van der Waals surface area contributed by atoms with Crippen molar-refractivity contribution in [2.24, 2.45) is 0 Å². The van der Waals surface area contributed by atoms with Crippen LogP contribution < -0.4 is 10.2 Å². The van der Waals surface area contributed by atoms with Crippen LogP contribution in [-0.4, -0.2) is 44.2 Å². The van der Waals surface area contributed by atoms with Gasteiger partial charge in [0, 0.05) is 44.4 Å². The molecule has 0 aromatic heterocycles. The minimum atomic E-state index is -3.54. The van der Waals surface area contributed by atoms with E-state index in [-0.39, 0.29) is 16.7 Å². The Morgan fingerprint density at radius 2 is 1.74 bits per heavy atom. The number of anilines is 1. The third-order valence-electron chi connectivity index (χ3n) is 5.50. The Hall–Kier alpha value is -2.71. The van der Waals surface area contributed by atoms with E-state index >= 15 is 0 Å². The molecule has 2 aromatic rings. The summed E-state index contributed by atoms with van der Waals surface area (Å²) < 4.78 is 27.2. The lowest BCUT2D eigenvalue weighted by molar-refractivity contribution is -0.119. The molecule has 1 aliphatic heterocycles. The number of hydrogen-bond acceptors (Lipinski definition) is 4. The Morgan fingerprint density at radius 1 is 1.06 bits per heavy atom. The van der Waals surface area contributed by atoms with Crippen LogP contribution in [0.25, 0.3) is 0 Å². The van der Waals surface area contributed by atoms with E-state index in [2.05, 4.69) is 5.32 Å². The van der Waals surface area contributed by atoms with Gasteiger partial charge in [0.2, 0.25) is 15.9 Å². The first kappa shape index (κ1) is 23.0. The summed E-state index contributed by atoms with van der Waals surface area (Å²) in [7, 11) is -3.54. The van der Waals surface area contributed by atoms with E-state index in [0.717, 1.165) is 29.7 Å². The van der Waals surface area contributed by atoms with Gasteiger partial charge >= 0.3 is 0 Å². The van der Waals surface area contributed by atoms with Gasteiger partial charge in [-0.3, -0.25) is 9.59 Å². The molecule has 1 aliphatic rings. The first-order chi connectivity index (χ1) is 14.8. The van der Waals surface area contributed by atoms with Crippen molar-refractivity contribution in [3.05, 3.63) is 59.2 Å². The first-order valence-electron chi connectivity index (χ1n) is 10.6. The molecule has 2 amide bonds. The van der Waals surface area contributed by atoms with E-state index in [1.54, 1.807) is 35.2 Å². The standard InChI is InChI=1S/C23H29N3O4S/c1-4-25(5-2)31(29,30)21-12-13-22-20(15-21)7-6-14-26(22)23(28)19-10-8-18(9-11-19)16-24-17(3)27/h8-13,15H,4-7,14,16H2,1-3H3,(H,24,27). The summed E-state index contributed by atoms with van der Waals surface area (Å²) in [4.78, 5) is 26.2. The Kier molecular flexibility index (Phi) is 7.12. The highest BCUT2D eigenvalue weighted by atomic mass is 32.2. The zero-order valence-electron chi connectivity index (χ0n) is 18.2. The molecule has 31 heavy (non-hydrogen) atoms. The van der Waals surface area contributed by atoms with Gasteiger partial charge in [0.15, 0.2) is 0 Å². The molecule has 1 N–H and O–H groups in total. The molecule has 0 bridgehead atoms. The smallest absolute Gasteiger partial charge is 0.258 e. The van der Waals surface area contributed by atoms with E-state index in [4.69, 9.17) is 0 Å². The van der Waals surface area contributed by atoms with Crippen LogP contribution in [0.15, 0.2) is 47.4 Å². The number of fused-ring (bicyclic) bond motifs is 1. The minimum absolute atomic E-state index is 0.104. The number of sulfonamides is 1. The number of aryl methyl sites for hydroxylation is 1. The molecular formula is C23H29N3O4S. The summed E-state index contributed by atoms with van der Waals surface area (Å²) in [5.41, 5.74) is 3.10. The van der Waals surface area contributed by atoms with Crippen molar-refractivity contribution in [3.63, 3.8) is 0 Å². The minimum Gasteiger partial charge on any atom is -0.352 e. The van der Waals surface area contributed by atoms with E-state index in [9.17, 15) is 18.0 Å². The molecule has 7 nitrogen and oxygen atoms in total. The number of amides is 2. The highest BCUT2D eigenvalue weighted by Crippen LogP contribution is 2.31. The molecule has 0 spiro atoms. The second-order valence-electron chi connectivity index (χ2n) is 7.55. The summed E-state index contributed by atoms with van der Waals surface area (Å²) in [5.74, 6) is -0.223. The normalized spacial score (nSPS) is 13.7. The van der Waals surface area contributed by atoms with Crippen LogP contribution in [0.1, 0.15) is 48.7 Å². The van der Waals surface area contributed by atoms with E-state index in [1.165, 1.54) is 11.2 Å². The number of nitrogens with zero attached hydrogens (tertiary/aromatic N) is 2. The van der Waals surface area contributed by atoms with Crippen LogP contribution in [0.4, 0.5) is 5.69 Å². The Morgan fingerprint density at radius 3 is 2.35 bits per heavy atom. The second kappa shape index (κ2) is 9.62. The van der Waals surface area contributed by atoms with E-state index in [1.807, 2.05) is 26.0 Å². The molecule has 0 fully saturated rings. The molecule has 0 aliphatic carbocycles. The summed E-state index contributed by atoms with van der Waals surface area (Å²) in [5, 5.41) is 2.73. The van der Waals surface area contributed by atoms with Crippen molar-refractivity contribution in [2.45, 2.75) is 45.1 Å². The van der Waals surface area contributed by atoms with E-state index in [0.29, 0.717) is 31.7 Å². The highest BCUT2D eigenvalue weighted by Gasteiger charge is 2.27. The predicted octanol–water partition coefficient (Wildman–Crippen LogP) is 2.95. The Labute approximate surface area is 184 Å². The fraction of sp³-hybridized carbons (Fsp3) is 0.391. The monoisotopic (exact) mass is 443 g/mol. The van der Waals surface area contributed by atoms with Crippen molar-refractivity contribution in [1.82, 2.24) is 9.62 Å². The lowest BCUT2D eigenvalue weighted by Gasteiger charge is -2.30. The fourth-order valence-corrected chi connectivity index (χ4v) is 5.31. The highest BCUT2D eigenvalue weighted by molar-refractivity contribution is 7.89. The van der Waals surface area contributed by atoms with Gasteiger partial charge in [-0.15, -0.1) is 0 Å². The SMILES string of the molecule is CCN(CC)S(=O)(=O)c1ccc2c(c1)CCCN2C(=O)c1ccc(CNC(C)=O)cc1. The third kappa shape index (κ3) is 4.97. The first-order valence-corrected chi connectivity index (χ1v) is 12.0. The van der Waals surface area contributed by atoms with Crippen molar-refractivity contribution < 1.29 is 18.0 Å². The molecular weight excluding hydrogens is 414 g/mol. The Bertz CT molecular complexity index is 1060. The van der Waals surface area contributed by atoms with Gasteiger partial charge in [-0.1, -0.05) is 26.0 Å². The fourth-order valence-electron chi connectivity index (χ4n) is 3.81. The summed E-state index contributed by atoms with van der Waals surface area (Å²) in [6.45, 7) is 6.94. The maximum atomic E-state index is 13.2. The molecule has 0 unspecified atom stereocenters. The molecule has 166 valence electrons. The molecule has 3 rings (SSSR count). The molecule has 0 saturated carbocycles. The van der Waals surface area contributed by atoms with Gasteiger partial charge < -0.3 is 10.2 Å². The maximum absolute atomic E-state index is 13.2. The van der Waals surface area contributed by atoms with Crippen molar-refractivity contribution in [3.8, 4) is 0 Å². The van der Waals surface area contributed by atoms with Crippen LogP contribution >= 0.6 is 0 Å². The quantitative estimate of drug-likeness (QED) is 0.713. The van der Waals surface area contributed by atoms with Gasteiger partial charge in [0.1, 0.15) is 0 Å². The van der Waals surface area contributed by atoms with Crippen LogP contribution in [0.5, 0.6) is 0 Å². The molecule has 8 heteroatoms. The molecule has 1 heterocycles. The van der Waals surface area contributed by atoms with Crippen molar-refractivity contribution in [2.75, 3.05) is 24.5 Å². The average Bonchev–Trinajstić information content (AvgIpc) is 2.77. The second-order valence-corrected chi connectivity index (χ2v) is 9.48. The number of carbonyl (C=O) groups excluding carboxylic acids is 2. The summed E-state index contributed by atoms with van der Waals surface area (Å²) in [6.07, 6.45) is 1.50. The lowest BCUT2D eigenvalue weighted by Crippen LogP contribution is -2.36. The van der Waals surface area contributed by atoms with E-state index < -0.39 is 10.0 Å². The number of rotatable bonds is 7. The van der Waals surface area contributed by atoms with Gasteiger partial charge in [-0.05, 0) is 54.3 Å². The third-order valence-corrected chi connectivity index (χ3v) is 7.55. The largest absolute Gasteiger partial charge is 0.352 e. The molecule has 0 saturated heterocycles. The zero-order chi connectivity index (χ0) is 22.6. The number of benzene rings is 2.